The number of hydrogen-bond donors (Lipinski definition) is 3. The molecule has 1 aromatic carbocycles. The molecule has 2 saturated carbocycles. The molecule has 3 fully saturated rings. The Labute approximate surface area is 202 Å². The zero-order valence-electron chi connectivity index (χ0n) is 20.8. The van der Waals surface area contributed by atoms with E-state index in [0.717, 1.165) is 44.3 Å². The lowest BCUT2D eigenvalue weighted by molar-refractivity contribution is -0.186. The number of benzene rings is 1. The summed E-state index contributed by atoms with van der Waals surface area (Å²) in [5.41, 5.74) is 0.823. The van der Waals surface area contributed by atoms with Crippen molar-refractivity contribution in [3.8, 4) is 0 Å². The van der Waals surface area contributed by atoms with Gasteiger partial charge in [0.25, 0.3) is 0 Å². The number of ether oxygens (including phenoxy) is 1. The van der Waals surface area contributed by atoms with E-state index in [1.807, 2.05) is 43.0 Å². The van der Waals surface area contributed by atoms with E-state index in [2.05, 4.69) is 12.2 Å². The van der Waals surface area contributed by atoms with Gasteiger partial charge < -0.3 is 19.8 Å². The van der Waals surface area contributed by atoms with Crippen molar-refractivity contribution in [3.63, 3.8) is 0 Å². The number of fused-ring (bicyclic) bond motifs is 1. The Morgan fingerprint density at radius 1 is 1.12 bits per heavy atom. The van der Waals surface area contributed by atoms with Gasteiger partial charge in [-0.1, -0.05) is 31.5 Å². The van der Waals surface area contributed by atoms with Gasteiger partial charge in [-0.05, 0) is 74.8 Å². The number of rotatable bonds is 5. The molecular weight excluding hydrogens is 432 g/mol. The molecule has 0 aromatic heterocycles. The highest BCUT2D eigenvalue weighted by Gasteiger charge is 2.60. The normalized spacial score (nSPS) is 35.5. The van der Waals surface area contributed by atoms with Crippen molar-refractivity contribution in [3.05, 3.63) is 29.8 Å². The molecule has 4 rings (SSSR count). The van der Waals surface area contributed by atoms with Gasteiger partial charge in [-0.2, -0.15) is 0 Å². The largest absolute Gasteiger partial charge is 0.445 e. The molecule has 3 aliphatic rings. The number of amides is 2. The van der Waals surface area contributed by atoms with Crippen molar-refractivity contribution < 1.29 is 24.5 Å². The second-order valence-electron chi connectivity index (χ2n) is 11.2. The van der Waals surface area contributed by atoms with Crippen LogP contribution in [0.4, 0.5) is 10.5 Å². The van der Waals surface area contributed by atoms with Gasteiger partial charge >= 0.3 is 6.09 Å². The Morgan fingerprint density at radius 2 is 1.79 bits per heavy atom. The minimum absolute atomic E-state index is 0.0377. The minimum Gasteiger partial charge on any atom is -0.445 e. The Bertz CT molecular complexity index is 884. The second-order valence-corrected chi connectivity index (χ2v) is 11.2. The molecule has 188 valence electrons. The maximum Gasteiger partial charge on any atom is 0.411 e. The second kappa shape index (κ2) is 9.86. The molecule has 2 aliphatic carbocycles. The number of hydrogen-bond acceptors (Lipinski definition) is 5. The van der Waals surface area contributed by atoms with Gasteiger partial charge in [0.05, 0.1) is 12.7 Å². The number of likely N-dealkylation sites (tertiary alicyclic amines) is 1. The standard InChI is InChI=1S/C27H40N2O5/c1-18-6-8-19(9-7-18)28-25(33)34-23-12-13-26(2)20(16-24(32)29-14-4-5-15-29)21(31)10-11-22(26)27(23,3)17-30/h6-9,20-23,30-31H,4-5,10-17H2,1-3H3,(H,28,33)/t20-,21-,22+,23-,26+,27+/m1/s1. The summed E-state index contributed by atoms with van der Waals surface area (Å²) >= 11 is 0. The number of nitrogens with zero attached hydrogens (tertiary/aromatic N) is 1. The van der Waals surface area contributed by atoms with Crippen LogP contribution in [-0.2, 0) is 9.53 Å². The molecule has 1 aliphatic heterocycles. The Kier molecular flexibility index (Phi) is 7.25. The number of nitrogens with one attached hydrogen (secondary N) is 1. The first-order valence-electron chi connectivity index (χ1n) is 12.8. The molecule has 0 bridgehead atoms. The van der Waals surface area contributed by atoms with Crippen LogP contribution in [-0.4, -0.2) is 59.0 Å². The zero-order chi connectivity index (χ0) is 24.5. The van der Waals surface area contributed by atoms with E-state index in [0.29, 0.717) is 24.9 Å². The van der Waals surface area contributed by atoms with Gasteiger partial charge in [0.1, 0.15) is 6.10 Å². The predicted octanol–water partition coefficient (Wildman–Crippen LogP) is 4.11. The number of aliphatic hydroxyl groups excluding tert-OH is 2. The summed E-state index contributed by atoms with van der Waals surface area (Å²) in [7, 11) is 0. The van der Waals surface area contributed by atoms with E-state index in [9.17, 15) is 19.8 Å². The first-order valence-corrected chi connectivity index (χ1v) is 12.8. The van der Waals surface area contributed by atoms with Crippen LogP contribution in [0.15, 0.2) is 24.3 Å². The topological polar surface area (TPSA) is 99.1 Å². The number of carbonyl (C=O) groups is 2. The lowest BCUT2D eigenvalue weighted by atomic mass is 9.46. The van der Waals surface area contributed by atoms with Crippen molar-refractivity contribution in [2.75, 3.05) is 25.0 Å². The van der Waals surface area contributed by atoms with E-state index >= 15 is 0 Å². The first kappa shape index (κ1) is 25.0. The quantitative estimate of drug-likeness (QED) is 0.599. The first-order chi connectivity index (χ1) is 16.2. The molecule has 1 heterocycles. The summed E-state index contributed by atoms with van der Waals surface area (Å²) in [5, 5.41) is 24.3. The highest BCUT2D eigenvalue weighted by atomic mass is 16.6. The van der Waals surface area contributed by atoms with Crippen molar-refractivity contribution >= 4 is 17.7 Å². The summed E-state index contributed by atoms with van der Waals surface area (Å²) in [6, 6.07) is 7.53. The molecular formula is C27H40N2O5. The van der Waals surface area contributed by atoms with Crippen molar-refractivity contribution in [1.29, 1.82) is 0 Å². The van der Waals surface area contributed by atoms with E-state index in [1.54, 1.807) is 0 Å². The molecule has 6 atom stereocenters. The van der Waals surface area contributed by atoms with E-state index < -0.39 is 23.7 Å². The molecule has 7 nitrogen and oxygen atoms in total. The van der Waals surface area contributed by atoms with Gasteiger partial charge in [0.15, 0.2) is 0 Å². The molecule has 7 heteroatoms. The molecule has 1 saturated heterocycles. The highest BCUT2D eigenvalue weighted by molar-refractivity contribution is 5.84. The lowest BCUT2D eigenvalue weighted by Crippen LogP contribution is -2.61. The maximum atomic E-state index is 13.0. The van der Waals surface area contributed by atoms with Crippen LogP contribution in [0.3, 0.4) is 0 Å². The number of anilines is 1. The summed E-state index contributed by atoms with van der Waals surface area (Å²) in [6.45, 7) is 7.65. The van der Waals surface area contributed by atoms with E-state index in [1.165, 1.54) is 0 Å². The predicted molar refractivity (Wildman–Crippen MR) is 130 cm³/mol. The van der Waals surface area contributed by atoms with Gasteiger partial charge in [0.2, 0.25) is 5.91 Å². The van der Waals surface area contributed by atoms with Crippen molar-refractivity contribution in [1.82, 2.24) is 4.90 Å². The third-order valence-electron chi connectivity index (χ3n) is 9.08. The third-order valence-corrected chi connectivity index (χ3v) is 9.08. The van der Waals surface area contributed by atoms with Crippen LogP contribution in [0.25, 0.3) is 0 Å². The summed E-state index contributed by atoms with van der Waals surface area (Å²) in [5.74, 6) is 0.00763. The van der Waals surface area contributed by atoms with Crippen molar-refractivity contribution in [2.24, 2.45) is 22.7 Å². The summed E-state index contributed by atoms with van der Waals surface area (Å²) in [6.07, 6.45) is 3.61. The van der Waals surface area contributed by atoms with Crippen molar-refractivity contribution in [2.45, 2.75) is 77.9 Å². The third kappa shape index (κ3) is 4.69. The Hall–Kier alpha value is -2.12. The summed E-state index contributed by atoms with van der Waals surface area (Å²) < 4.78 is 5.90. The molecule has 3 N–H and O–H groups in total. The van der Waals surface area contributed by atoms with Gasteiger partial charge in [-0.25, -0.2) is 4.79 Å². The summed E-state index contributed by atoms with van der Waals surface area (Å²) in [4.78, 5) is 27.6. The van der Waals surface area contributed by atoms with Gasteiger partial charge in [-0.15, -0.1) is 0 Å². The smallest absolute Gasteiger partial charge is 0.411 e. The molecule has 1 aromatic rings. The number of aryl methyl sites for hydroxylation is 1. The average molecular weight is 473 g/mol. The van der Waals surface area contributed by atoms with Crippen LogP contribution >= 0.6 is 0 Å². The van der Waals surface area contributed by atoms with Gasteiger partial charge in [0, 0.05) is 30.6 Å². The fourth-order valence-electron chi connectivity index (χ4n) is 6.98. The Balaban J connectivity index is 1.49. The SMILES string of the molecule is Cc1ccc(NC(=O)O[C@@H]2CC[C@]3(C)[C@H](CC[C@@H](O)[C@H]3CC(=O)N3CCCC3)[C@]2(C)CO)cc1. The fourth-order valence-corrected chi connectivity index (χ4v) is 6.98. The fraction of sp³-hybridized carbons (Fsp3) is 0.704. The van der Waals surface area contributed by atoms with Crippen LogP contribution in [0.1, 0.15) is 64.4 Å². The molecule has 0 unspecified atom stereocenters. The molecule has 2 amide bonds. The van der Waals surface area contributed by atoms with E-state index in [-0.39, 0.29) is 29.8 Å². The Morgan fingerprint density at radius 3 is 2.44 bits per heavy atom. The monoisotopic (exact) mass is 472 g/mol. The van der Waals surface area contributed by atoms with E-state index in [4.69, 9.17) is 4.74 Å². The van der Waals surface area contributed by atoms with Gasteiger partial charge in [-0.3, -0.25) is 10.1 Å². The maximum absolute atomic E-state index is 13.0. The van der Waals surface area contributed by atoms with Crippen LogP contribution in [0.5, 0.6) is 0 Å². The number of aliphatic hydroxyl groups is 2. The average Bonchev–Trinajstić information content (AvgIpc) is 3.35. The molecule has 0 radical (unpaired) electrons. The number of carbonyl (C=O) groups excluding carboxylic acids is 2. The highest BCUT2D eigenvalue weighted by Crippen LogP contribution is 2.61. The molecule has 0 spiro atoms. The zero-order valence-corrected chi connectivity index (χ0v) is 20.8. The lowest BCUT2D eigenvalue weighted by Gasteiger charge is -2.60. The minimum atomic E-state index is -0.646. The van der Waals surface area contributed by atoms with Crippen LogP contribution < -0.4 is 5.32 Å². The van der Waals surface area contributed by atoms with Crippen LogP contribution in [0.2, 0.25) is 0 Å². The molecule has 34 heavy (non-hydrogen) atoms. The van der Waals surface area contributed by atoms with Crippen LogP contribution in [0, 0.1) is 29.6 Å².